The molecule has 0 aliphatic heterocycles. The van der Waals surface area contributed by atoms with Crippen molar-refractivity contribution in [3.63, 3.8) is 0 Å². The molecule has 0 aliphatic rings. The summed E-state index contributed by atoms with van der Waals surface area (Å²) in [7, 11) is 0. The summed E-state index contributed by atoms with van der Waals surface area (Å²) in [5.41, 5.74) is -0.503. The predicted octanol–water partition coefficient (Wildman–Crippen LogP) is 10.5. The number of unbranched alkanes of at least 4 members (excludes halogenated alkanes) is 1. The van der Waals surface area contributed by atoms with Crippen LogP contribution in [0.4, 0.5) is 0 Å². The van der Waals surface area contributed by atoms with Gasteiger partial charge in [-0.25, -0.2) is 0 Å². The maximum absolute atomic E-state index is 9.87. The third kappa shape index (κ3) is 56.2. The first kappa shape index (κ1) is 42.1. The van der Waals surface area contributed by atoms with Crippen molar-refractivity contribution >= 4 is 0 Å². The molecule has 0 saturated carbocycles. The van der Waals surface area contributed by atoms with Gasteiger partial charge in [-0.15, -0.1) is 0 Å². The smallest absolute Gasteiger partial charge is 0.0594 e. The van der Waals surface area contributed by atoms with Gasteiger partial charge in [-0.3, -0.25) is 0 Å². The summed E-state index contributed by atoms with van der Waals surface area (Å²) >= 11 is 0. The van der Waals surface area contributed by atoms with E-state index in [1.807, 2.05) is 55.4 Å². The molecule has 0 fully saturated rings. The Labute approximate surface area is 184 Å². The van der Waals surface area contributed by atoms with Crippen LogP contribution in [0.3, 0.4) is 0 Å². The average Bonchev–Trinajstić information content (AvgIpc) is 2.66. The molecule has 180 valence electrons. The molecular weight excluding hydrogens is 340 g/mol. The van der Waals surface area contributed by atoms with Gasteiger partial charge in [-0.05, 0) is 44.4 Å². The van der Waals surface area contributed by atoms with Crippen LogP contribution in [0.1, 0.15) is 156 Å². The van der Waals surface area contributed by atoms with Crippen LogP contribution in [0, 0.1) is 17.8 Å². The summed E-state index contributed by atoms with van der Waals surface area (Å²) in [6, 6.07) is 0. The first-order valence-corrected chi connectivity index (χ1v) is 12.8. The van der Waals surface area contributed by atoms with Crippen molar-refractivity contribution in [1.29, 1.82) is 0 Å². The molecule has 0 bridgehead atoms. The Morgan fingerprint density at radius 2 is 1.00 bits per heavy atom. The minimum absolute atomic E-state index is 0.503. The normalized spacial score (nSPS) is 11.4. The average molecular weight is 407 g/mol. The van der Waals surface area contributed by atoms with E-state index in [0.717, 1.165) is 18.3 Å². The molecule has 0 aromatic rings. The lowest BCUT2D eigenvalue weighted by Crippen LogP contribution is -2.25. The van der Waals surface area contributed by atoms with Crippen LogP contribution in [0.5, 0.6) is 0 Å². The molecule has 0 amide bonds. The monoisotopic (exact) mass is 407 g/mol. The molecule has 0 aliphatic carbocycles. The molecular formula is C27H66O. The molecule has 0 radical (unpaired) electrons. The maximum atomic E-state index is 9.87. The highest BCUT2D eigenvalue weighted by molar-refractivity contribution is 4.74. The van der Waals surface area contributed by atoms with E-state index in [-0.39, 0.29) is 0 Å². The molecule has 0 aromatic heterocycles. The molecule has 2 unspecified atom stereocenters. The van der Waals surface area contributed by atoms with E-state index in [1.165, 1.54) is 38.5 Å². The van der Waals surface area contributed by atoms with Crippen molar-refractivity contribution in [3.05, 3.63) is 0 Å². The van der Waals surface area contributed by atoms with Gasteiger partial charge in [-0.1, -0.05) is 129 Å². The highest BCUT2D eigenvalue weighted by atomic mass is 16.3. The maximum Gasteiger partial charge on any atom is 0.0594 e. The van der Waals surface area contributed by atoms with Gasteiger partial charge in [0, 0.05) is 0 Å². The quantitative estimate of drug-likeness (QED) is 0.425. The van der Waals surface area contributed by atoms with Crippen LogP contribution < -0.4 is 0 Å². The van der Waals surface area contributed by atoms with Crippen molar-refractivity contribution in [3.8, 4) is 0 Å². The van der Waals surface area contributed by atoms with Gasteiger partial charge in [0.1, 0.15) is 0 Å². The summed E-state index contributed by atoms with van der Waals surface area (Å²) in [5, 5.41) is 9.87. The summed E-state index contributed by atoms with van der Waals surface area (Å²) in [6.07, 6.45) is 8.57. The third-order valence-corrected chi connectivity index (χ3v) is 3.83. The zero-order valence-corrected chi connectivity index (χ0v) is 23.6. The first-order valence-electron chi connectivity index (χ1n) is 12.8. The van der Waals surface area contributed by atoms with Crippen LogP contribution in [0.15, 0.2) is 0 Å². The molecule has 0 saturated heterocycles. The van der Waals surface area contributed by atoms with Gasteiger partial charge in [0.15, 0.2) is 0 Å². The zero-order valence-electron chi connectivity index (χ0n) is 23.6. The zero-order chi connectivity index (χ0) is 24.2. The number of hydrogen-bond acceptors (Lipinski definition) is 1. The second kappa shape index (κ2) is 37.7. The van der Waals surface area contributed by atoms with Crippen LogP contribution in [0.2, 0.25) is 0 Å². The largest absolute Gasteiger partial charge is 0.390 e. The first-order chi connectivity index (χ1) is 13.1. The molecule has 0 rings (SSSR count). The van der Waals surface area contributed by atoms with Gasteiger partial charge >= 0.3 is 0 Å². The second-order valence-electron chi connectivity index (χ2n) is 7.84. The Bertz CT molecular complexity index is 189. The van der Waals surface area contributed by atoms with E-state index >= 15 is 0 Å². The molecule has 2 atom stereocenters. The Morgan fingerprint density at radius 3 is 1.18 bits per heavy atom. The minimum atomic E-state index is -0.503. The predicted molar refractivity (Wildman–Crippen MR) is 139 cm³/mol. The molecule has 0 aromatic carbocycles. The van der Waals surface area contributed by atoms with Gasteiger partial charge in [0.05, 0.1) is 5.60 Å². The molecule has 28 heavy (non-hydrogen) atoms. The number of rotatable bonds is 8. The SMILES string of the molecule is CC.CC.CC.CCC.CCCC.CCCC(CC(C)C(C)C)CC(C)(C)O. The van der Waals surface area contributed by atoms with Crippen LogP contribution >= 0.6 is 0 Å². The van der Waals surface area contributed by atoms with E-state index in [9.17, 15) is 5.11 Å². The lowest BCUT2D eigenvalue weighted by atomic mass is 9.81. The van der Waals surface area contributed by atoms with Gasteiger partial charge in [0.25, 0.3) is 0 Å². The molecule has 1 nitrogen and oxygen atoms in total. The Kier molecular flexibility index (Phi) is 56.7. The molecule has 1 heteroatoms. The van der Waals surface area contributed by atoms with Crippen molar-refractivity contribution in [2.75, 3.05) is 0 Å². The van der Waals surface area contributed by atoms with Crippen molar-refractivity contribution < 1.29 is 5.11 Å². The van der Waals surface area contributed by atoms with Crippen LogP contribution in [-0.4, -0.2) is 10.7 Å². The Balaban J connectivity index is -0.0000000769. The fourth-order valence-electron chi connectivity index (χ4n) is 2.22. The lowest BCUT2D eigenvalue weighted by Gasteiger charge is -2.28. The fraction of sp³-hybridized carbons (Fsp3) is 1.00. The van der Waals surface area contributed by atoms with Crippen molar-refractivity contribution in [2.45, 2.75) is 161 Å². The van der Waals surface area contributed by atoms with Gasteiger partial charge in [0.2, 0.25) is 0 Å². The van der Waals surface area contributed by atoms with E-state index in [2.05, 4.69) is 55.4 Å². The highest BCUT2D eigenvalue weighted by Gasteiger charge is 2.22. The summed E-state index contributed by atoms with van der Waals surface area (Å²) in [5.74, 6) is 2.21. The van der Waals surface area contributed by atoms with E-state index in [4.69, 9.17) is 0 Å². The Morgan fingerprint density at radius 1 is 0.679 bits per heavy atom. The third-order valence-electron chi connectivity index (χ3n) is 3.83. The second-order valence-corrected chi connectivity index (χ2v) is 7.84. The van der Waals surface area contributed by atoms with Crippen LogP contribution in [0.25, 0.3) is 0 Å². The molecule has 1 N–H and O–H groups in total. The summed E-state index contributed by atoms with van der Waals surface area (Å²) in [6.45, 7) is 33.6. The molecule has 0 spiro atoms. The van der Waals surface area contributed by atoms with Crippen molar-refractivity contribution in [1.82, 2.24) is 0 Å². The Hall–Kier alpha value is -0.0400. The molecule has 0 heterocycles. The van der Waals surface area contributed by atoms with Crippen LogP contribution in [-0.2, 0) is 0 Å². The lowest BCUT2D eigenvalue weighted by molar-refractivity contribution is 0.0453. The fourth-order valence-corrected chi connectivity index (χ4v) is 2.22. The van der Waals surface area contributed by atoms with Gasteiger partial charge < -0.3 is 5.11 Å². The van der Waals surface area contributed by atoms with E-state index in [1.54, 1.807) is 0 Å². The number of hydrogen-bond donors (Lipinski definition) is 1. The standard InChI is InChI=1S/C14H30O.C4H10.C3H8.3C2H6/c1-7-8-13(10-14(5,6)15)9-12(4)11(2)3;1-3-4-2;1-3-2;3*1-2/h11-13,15H,7-10H2,1-6H3;3-4H2,1-2H3;3H2,1-2H3;3*1-2H3. The summed E-state index contributed by atoms with van der Waals surface area (Å²) < 4.78 is 0. The summed E-state index contributed by atoms with van der Waals surface area (Å²) in [4.78, 5) is 0. The van der Waals surface area contributed by atoms with E-state index in [0.29, 0.717) is 5.92 Å². The highest BCUT2D eigenvalue weighted by Crippen LogP contribution is 2.29. The number of aliphatic hydroxyl groups is 1. The van der Waals surface area contributed by atoms with Gasteiger partial charge in [-0.2, -0.15) is 0 Å². The topological polar surface area (TPSA) is 20.2 Å². The minimum Gasteiger partial charge on any atom is -0.390 e. The van der Waals surface area contributed by atoms with Crippen molar-refractivity contribution in [2.24, 2.45) is 17.8 Å². The van der Waals surface area contributed by atoms with E-state index < -0.39 is 5.60 Å².